The molecule has 6 N–H and O–H groups in total. The van der Waals surface area contributed by atoms with Gasteiger partial charge in [0, 0.05) is 6.04 Å². The minimum absolute atomic E-state index is 0.0977. The molecule has 3 heterocycles. The van der Waals surface area contributed by atoms with Crippen LogP contribution in [0.1, 0.15) is 39.8 Å². The van der Waals surface area contributed by atoms with Gasteiger partial charge in [-0.2, -0.15) is 15.1 Å². The highest BCUT2D eigenvalue weighted by Crippen LogP contribution is 2.48. The van der Waals surface area contributed by atoms with Gasteiger partial charge in [0.1, 0.15) is 24.0 Å². The second-order valence-electron chi connectivity index (χ2n) is 10.8. The smallest absolute Gasteiger partial charge is 0.459 e. The number of anilines is 2. The topological polar surface area (TPSA) is 205 Å². The van der Waals surface area contributed by atoms with Crippen molar-refractivity contribution < 1.29 is 42.5 Å². The summed E-state index contributed by atoms with van der Waals surface area (Å²) in [6.45, 7) is 2.93. The molecule has 2 fully saturated rings. The fourth-order valence-corrected chi connectivity index (χ4v) is 6.04. The number of nitrogens with zero attached hydrogens (tertiary/aromatic N) is 4. The minimum Gasteiger partial charge on any atom is -0.462 e. The largest absolute Gasteiger partial charge is 0.462 e. The SMILES string of the molecule is CC(C)OC(=O)[C@H](C)NP(=O)(OCC1O[C@@H](n2cnc3c(NC4CC4)nc(N)nc32)[C@@](F)(CO)[C@@H]1O)Oc1ccccc1. The molecule has 2 unspecified atom stereocenters. The number of nitrogens with one attached hydrogen (secondary N) is 2. The summed E-state index contributed by atoms with van der Waals surface area (Å²) in [4.78, 5) is 25.1. The average molecular weight is 624 g/mol. The van der Waals surface area contributed by atoms with Gasteiger partial charge in [0.05, 0.1) is 25.6 Å². The maximum Gasteiger partial charge on any atom is 0.459 e. The monoisotopic (exact) mass is 623 g/mol. The molecule has 0 amide bonds. The van der Waals surface area contributed by atoms with Gasteiger partial charge in [0.2, 0.25) is 11.6 Å². The highest BCUT2D eigenvalue weighted by Gasteiger charge is 2.59. The Labute approximate surface area is 246 Å². The number of hydrogen-bond acceptors (Lipinski definition) is 13. The molecule has 17 heteroatoms. The quantitative estimate of drug-likeness (QED) is 0.137. The van der Waals surface area contributed by atoms with Crippen LogP contribution in [0.15, 0.2) is 36.7 Å². The van der Waals surface area contributed by atoms with Crippen LogP contribution in [-0.2, 0) is 23.4 Å². The summed E-state index contributed by atoms with van der Waals surface area (Å²) in [5.41, 5.74) is 3.57. The van der Waals surface area contributed by atoms with Crippen LogP contribution >= 0.6 is 7.75 Å². The molecule has 2 aliphatic rings. The molecular weight excluding hydrogens is 588 g/mol. The van der Waals surface area contributed by atoms with Crippen LogP contribution < -0.4 is 20.7 Å². The first-order valence-electron chi connectivity index (χ1n) is 13.8. The fourth-order valence-electron chi connectivity index (χ4n) is 4.54. The zero-order chi connectivity index (χ0) is 30.9. The molecule has 15 nitrogen and oxygen atoms in total. The highest BCUT2D eigenvalue weighted by molar-refractivity contribution is 7.52. The number of rotatable bonds is 13. The third-order valence-corrected chi connectivity index (χ3v) is 8.49. The van der Waals surface area contributed by atoms with Crippen molar-refractivity contribution >= 4 is 36.6 Å². The number of nitrogens with two attached hydrogens (primary N) is 1. The molecule has 0 spiro atoms. The molecule has 1 saturated heterocycles. The summed E-state index contributed by atoms with van der Waals surface area (Å²) < 4.78 is 53.5. The maximum atomic E-state index is 16.3. The Hall–Kier alpha value is -3.40. The van der Waals surface area contributed by atoms with Crippen molar-refractivity contribution in [3.63, 3.8) is 0 Å². The summed E-state index contributed by atoms with van der Waals surface area (Å²) >= 11 is 0. The summed E-state index contributed by atoms with van der Waals surface area (Å²) in [5.74, 6) is -0.286. The predicted molar refractivity (Wildman–Crippen MR) is 152 cm³/mol. The van der Waals surface area contributed by atoms with Crippen LogP contribution in [0.2, 0.25) is 0 Å². The lowest BCUT2D eigenvalue weighted by atomic mass is 9.97. The second-order valence-corrected chi connectivity index (χ2v) is 12.5. The Morgan fingerprint density at radius 2 is 2.00 bits per heavy atom. The molecule has 1 aliphatic heterocycles. The van der Waals surface area contributed by atoms with Gasteiger partial charge in [-0.15, -0.1) is 0 Å². The average Bonchev–Trinajstić information content (AvgIpc) is 3.62. The van der Waals surface area contributed by atoms with E-state index in [1.165, 1.54) is 30.0 Å². The molecular formula is C26H35FN7O8P. The number of carbonyl (C=O) groups is 1. The van der Waals surface area contributed by atoms with Crippen molar-refractivity contribution in [2.45, 2.75) is 75.9 Å². The van der Waals surface area contributed by atoms with Gasteiger partial charge in [-0.05, 0) is 45.7 Å². The number of esters is 1. The first kappa shape index (κ1) is 31.0. The number of aromatic nitrogens is 4. The van der Waals surface area contributed by atoms with E-state index in [1.807, 2.05) is 0 Å². The van der Waals surface area contributed by atoms with Gasteiger partial charge in [-0.25, -0.2) is 13.9 Å². The summed E-state index contributed by atoms with van der Waals surface area (Å²) in [6, 6.07) is 7.13. The van der Waals surface area contributed by atoms with Gasteiger partial charge in [0.25, 0.3) is 0 Å². The molecule has 234 valence electrons. The van der Waals surface area contributed by atoms with Crippen molar-refractivity contribution in [3.8, 4) is 5.75 Å². The molecule has 1 aromatic carbocycles. The number of benzene rings is 1. The summed E-state index contributed by atoms with van der Waals surface area (Å²) in [5, 5.41) is 26.8. The number of ether oxygens (including phenoxy) is 2. The first-order valence-corrected chi connectivity index (χ1v) is 15.3. The Kier molecular flexibility index (Phi) is 8.88. The molecule has 1 saturated carbocycles. The highest BCUT2D eigenvalue weighted by atomic mass is 31.2. The normalized spacial score (nSPS) is 25.9. The van der Waals surface area contributed by atoms with Crippen molar-refractivity contribution in [1.29, 1.82) is 0 Å². The number of hydrogen-bond donors (Lipinski definition) is 5. The second kappa shape index (κ2) is 12.3. The number of nitrogen functional groups attached to an aromatic ring is 1. The van der Waals surface area contributed by atoms with E-state index in [1.54, 1.807) is 32.0 Å². The predicted octanol–water partition coefficient (Wildman–Crippen LogP) is 2.08. The van der Waals surface area contributed by atoms with Gasteiger partial charge in [0.15, 0.2) is 23.2 Å². The van der Waals surface area contributed by atoms with E-state index in [4.69, 9.17) is 24.3 Å². The van der Waals surface area contributed by atoms with Gasteiger partial charge in [-0.3, -0.25) is 13.9 Å². The van der Waals surface area contributed by atoms with Crippen molar-refractivity contribution in [3.05, 3.63) is 36.7 Å². The van der Waals surface area contributed by atoms with Crippen LogP contribution in [-0.4, -0.2) is 85.0 Å². The zero-order valence-electron chi connectivity index (χ0n) is 23.8. The molecule has 5 rings (SSSR count). The Morgan fingerprint density at radius 3 is 2.65 bits per heavy atom. The lowest BCUT2D eigenvalue weighted by Crippen LogP contribution is -2.46. The Bertz CT molecular complexity index is 1490. The van der Waals surface area contributed by atoms with E-state index in [-0.39, 0.29) is 23.4 Å². The van der Waals surface area contributed by atoms with E-state index < -0.39 is 63.2 Å². The summed E-state index contributed by atoms with van der Waals surface area (Å²) in [7, 11) is -4.36. The van der Waals surface area contributed by atoms with Gasteiger partial charge >= 0.3 is 13.7 Å². The van der Waals surface area contributed by atoms with Crippen LogP contribution in [0.4, 0.5) is 16.2 Å². The van der Waals surface area contributed by atoms with E-state index in [2.05, 4.69) is 25.4 Å². The van der Waals surface area contributed by atoms with Crippen LogP contribution in [0.5, 0.6) is 5.75 Å². The molecule has 2 aromatic heterocycles. The zero-order valence-corrected chi connectivity index (χ0v) is 24.7. The molecule has 0 radical (unpaired) electrons. The number of imidazole rings is 1. The molecule has 1 aliphatic carbocycles. The Balaban J connectivity index is 1.38. The minimum atomic E-state index is -4.36. The van der Waals surface area contributed by atoms with E-state index in [0.717, 1.165) is 12.8 Å². The van der Waals surface area contributed by atoms with E-state index in [0.29, 0.717) is 11.3 Å². The lowest BCUT2D eigenvalue weighted by molar-refractivity contribution is -0.149. The number of aliphatic hydroxyl groups excluding tert-OH is 2. The van der Waals surface area contributed by atoms with Crippen molar-refractivity contribution in [1.82, 2.24) is 24.6 Å². The molecule has 3 aromatic rings. The van der Waals surface area contributed by atoms with Crippen LogP contribution in [0.3, 0.4) is 0 Å². The number of alkyl halides is 1. The molecule has 0 bridgehead atoms. The van der Waals surface area contributed by atoms with Crippen molar-refractivity contribution in [2.24, 2.45) is 0 Å². The maximum absolute atomic E-state index is 16.3. The first-order chi connectivity index (χ1) is 20.4. The third-order valence-electron chi connectivity index (χ3n) is 6.84. The van der Waals surface area contributed by atoms with Crippen LogP contribution in [0.25, 0.3) is 11.2 Å². The molecule has 6 atom stereocenters. The standard InChI is InChI=1S/C26H35FN7O8P/c1-14(2)40-23(37)15(3)33-43(38,42-17-7-5-4-6-8-17)39-11-18-20(36)26(27,12-35)24(41-18)34-13-29-19-21(30-16-9-10-16)31-25(28)32-22(19)34/h4-8,13-16,18,20,24,35-36H,9-12H2,1-3H3,(H,33,38)(H3,28,30,31,32)/t15-,18?,20+,24+,26+,43?/m0/s1. The Morgan fingerprint density at radius 1 is 1.28 bits per heavy atom. The van der Waals surface area contributed by atoms with Crippen molar-refractivity contribution in [2.75, 3.05) is 24.3 Å². The van der Waals surface area contributed by atoms with Gasteiger partial charge < -0.3 is 35.3 Å². The fraction of sp³-hybridized carbons (Fsp3) is 0.538. The number of para-hydroxylation sites is 1. The lowest BCUT2D eigenvalue weighted by Gasteiger charge is -2.27. The third kappa shape index (κ3) is 6.74. The van der Waals surface area contributed by atoms with E-state index >= 15 is 4.39 Å². The number of carbonyl (C=O) groups excluding carboxylic acids is 1. The van der Waals surface area contributed by atoms with Gasteiger partial charge in [-0.1, -0.05) is 18.2 Å². The number of aliphatic hydroxyl groups is 2. The summed E-state index contributed by atoms with van der Waals surface area (Å²) in [6.07, 6.45) is -2.30. The van der Waals surface area contributed by atoms with Crippen LogP contribution in [0, 0.1) is 0 Å². The molecule has 43 heavy (non-hydrogen) atoms. The van der Waals surface area contributed by atoms with E-state index in [9.17, 15) is 19.6 Å². The number of fused-ring (bicyclic) bond motifs is 1. The number of halogens is 1.